The Morgan fingerprint density at radius 2 is 1.81 bits per heavy atom. The third-order valence-electron chi connectivity index (χ3n) is 4.42. The lowest BCUT2D eigenvalue weighted by Gasteiger charge is -2.16. The second-order valence-electron chi connectivity index (χ2n) is 6.27. The van der Waals surface area contributed by atoms with Crippen LogP contribution in [0.25, 0.3) is 0 Å². The van der Waals surface area contributed by atoms with Gasteiger partial charge in [0, 0.05) is 30.9 Å². The predicted molar refractivity (Wildman–Crippen MR) is 101 cm³/mol. The summed E-state index contributed by atoms with van der Waals surface area (Å²) in [5, 5.41) is 5.44. The Balaban J connectivity index is 1.52. The predicted octanol–water partition coefficient (Wildman–Crippen LogP) is 2.53. The molecule has 0 bridgehead atoms. The van der Waals surface area contributed by atoms with Gasteiger partial charge in [0.25, 0.3) is 0 Å². The Bertz CT molecular complexity index is 821. The Labute approximate surface area is 157 Å². The quantitative estimate of drug-likeness (QED) is 0.850. The fraction of sp³-hybridized carbons (Fsp3) is 0.250. The molecule has 27 heavy (non-hydrogen) atoms. The number of methoxy groups -OCH3 is 1. The minimum Gasteiger partial charge on any atom is -0.453 e. The van der Waals surface area contributed by atoms with E-state index in [1.165, 1.54) is 7.11 Å². The largest absolute Gasteiger partial charge is 0.453 e. The average molecular weight is 367 g/mol. The third kappa shape index (κ3) is 4.63. The van der Waals surface area contributed by atoms with Crippen molar-refractivity contribution in [3.63, 3.8) is 0 Å². The second-order valence-corrected chi connectivity index (χ2v) is 6.27. The molecule has 2 aromatic rings. The molecule has 2 N–H and O–H groups in total. The molecule has 0 aromatic heterocycles. The molecule has 0 unspecified atom stereocenters. The summed E-state index contributed by atoms with van der Waals surface area (Å²) in [7, 11) is 1.30. The van der Waals surface area contributed by atoms with Crippen LogP contribution in [-0.4, -0.2) is 31.6 Å². The van der Waals surface area contributed by atoms with Gasteiger partial charge in [0.15, 0.2) is 0 Å². The van der Waals surface area contributed by atoms with E-state index >= 15 is 0 Å². The first-order valence-electron chi connectivity index (χ1n) is 8.64. The molecule has 1 fully saturated rings. The molecule has 1 aliphatic rings. The van der Waals surface area contributed by atoms with Crippen LogP contribution in [-0.2, 0) is 20.9 Å². The van der Waals surface area contributed by atoms with Crippen LogP contribution in [0.5, 0.6) is 0 Å². The highest BCUT2D eigenvalue weighted by Crippen LogP contribution is 2.25. The SMILES string of the molecule is COC(=O)Nc1ccc(CNC(=O)[C@@H]2CC(=O)N(c3ccccc3)C2)cc1. The highest BCUT2D eigenvalue weighted by Gasteiger charge is 2.34. The number of carbonyl (C=O) groups excluding carboxylic acids is 3. The van der Waals surface area contributed by atoms with Gasteiger partial charge in [0.1, 0.15) is 0 Å². The van der Waals surface area contributed by atoms with Gasteiger partial charge in [0.2, 0.25) is 11.8 Å². The van der Waals surface area contributed by atoms with Crippen LogP contribution in [0, 0.1) is 5.92 Å². The van der Waals surface area contributed by atoms with Crippen LogP contribution in [0.4, 0.5) is 16.2 Å². The number of carbonyl (C=O) groups is 3. The van der Waals surface area contributed by atoms with Gasteiger partial charge in [-0.15, -0.1) is 0 Å². The number of ether oxygens (including phenoxy) is 1. The smallest absolute Gasteiger partial charge is 0.411 e. The summed E-state index contributed by atoms with van der Waals surface area (Å²) >= 11 is 0. The van der Waals surface area contributed by atoms with Crippen molar-refractivity contribution in [3.05, 3.63) is 60.2 Å². The van der Waals surface area contributed by atoms with Gasteiger partial charge in [-0.05, 0) is 29.8 Å². The van der Waals surface area contributed by atoms with E-state index in [9.17, 15) is 14.4 Å². The number of amides is 3. The number of para-hydroxylation sites is 1. The van der Waals surface area contributed by atoms with Gasteiger partial charge in [-0.2, -0.15) is 0 Å². The van der Waals surface area contributed by atoms with Gasteiger partial charge in [0.05, 0.1) is 13.0 Å². The molecule has 7 nitrogen and oxygen atoms in total. The van der Waals surface area contributed by atoms with E-state index in [0.29, 0.717) is 18.8 Å². The number of rotatable bonds is 5. The number of anilines is 2. The van der Waals surface area contributed by atoms with Crippen molar-refractivity contribution in [3.8, 4) is 0 Å². The molecule has 3 amide bonds. The first kappa shape index (κ1) is 18.4. The molecule has 0 saturated carbocycles. The molecule has 3 rings (SSSR count). The molecule has 7 heteroatoms. The van der Waals surface area contributed by atoms with Gasteiger partial charge >= 0.3 is 6.09 Å². The van der Waals surface area contributed by atoms with E-state index in [1.54, 1.807) is 17.0 Å². The normalized spacial score (nSPS) is 16.1. The van der Waals surface area contributed by atoms with Crippen LogP contribution >= 0.6 is 0 Å². The molecule has 0 spiro atoms. The Hall–Kier alpha value is -3.35. The summed E-state index contributed by atoms with van der Waals surface area (Å²) in [6, 6.07) is 16.4. The third-order valence-corrected chi connectivity index (χ3v) is 4.42. The van der Waals surface area contributed by atoms with Crippen LogP contribution in [0.15, 0.2) is 54.6 Å². The molecular formula is C20H21N3O4. The Morgan fingerprint density at radius 1 is 1.11 bits per heavy atom. The summed E-state index contributed by atoms with van der Waals surface area (Å²) in [4.78, 5) is 37.5. The minimum absolute atomic E-state index is 0.0420. The van der Waals surface area contributed by atoms with Crippen LogP contribution in [0.3, 0.4) is 0 Å². The first-order chi connectivity index (χ1) is 13.1. The average Bonchev–Trinajstić information content (AvgIpc) is 3.09. The van der Waals surface area contributed by atoms with Crippen LogP contribution in [0.2, 0.25) is 0 Å². The fourth-order valence-electron chi connectivity index (χ4n) is 2.95. The molecule has 1 heterocycles. The summed E-state index contributed by atoms with van der Waals surface area (Å²) < 4.78 is 4.53. The van der Waals surface area contributed by atoms with E-state index in [1.807, 2.05) is 42.5 Å². The molecule has 1 saturated heterocycles. The molecule has 140 valence electrons. The summed E-state index contributed by atoms with van der Waals surface area (Å²) in [5.74, 6) is -0.545. The van der Waals surface area contributed by atoms with Gasteiger partial charge in [-0.3, -0.25) is 14.9 Å². The number of hydrogen-bond acceptors (Lipinski definition) is 4. The number of hydrogen-bond donors (Lipinski definition) is 2. The minimum atomic E-state index is -0.537. The molecule has 1 atom stereocenters. The van der Waals surface area contributed by atoms with Gasteiger partial charge < -0.3 is 15.0 Å². The van der Waals surface area contributed by atoms with Crippen molar-refractivity contribution in [1.82, 2.24) is 5.32 Å². The molecular weight excluding hydrogens is 346 g/mol. The van der Waals surface area contributed by atoms with Crippen molar-refractivity contribution < 1.29 is 19.1 Å². The summed E-state index contributed by atoms with van der Waals surface area (Å²) in [5.41, 5.74) is 2.31. The van der Waals surface area contributed by atoms with Crippen molar-refractivity contribution in [2.75, 3.05) is 23.9 Å². The fourth-order valence-corrected chi connectivity index (χ4v) is 2.95. The van der Waals surface area contributed by atoms with Crippen molar-refractivity contribution in [1.29, 1.82) is 0 Å². The van der Waals surface area contributed by atoms with E-state index in [2.05, 4.69) is 15.4 Å². The molecule has 1 aliphatic heterocycles. The Kier molecular flexibility index (Phi) is 5.71. The van der Waals surface area contributed by atoms with Crippen LogP contribution in [0.1, 0.15) is 12.0 Å². The highest BCUT2D eigenvalue weighted by molar-refractivity contribution is 6.00. The first-order valence-corrected chi connectivity index (χ1v) is 8.64. The van der Waals surface area contributed by atoms with Crippen molar-refractivity contribution in [2.24, 2.45) is 5.92 Å². The maximum Gasteiger partial charge on any atom is 0.411 e. The van der Waals surface area contributed by atoms with Crippen molar-refractivity contribution >= 4 is 29.3 Å². The topological polar surface area (TPSA) is 87.7 Å². The molecule has 0 aliphatic carbocycles. The zero-order chi connectivity index (χ0) is 19.2. The summed E-state index contributed by atoms with van der Waals surface area (Å²) in [6.07, 6.45) is -0.326. The van der Waals surface area contributed by atoms with E-state index in [0.717, 1.165) is 11.3 Å². The summed E-state index contributed by atoms with van der Waals surface area (Å²) in [6.45, 7) is 0.740. The number of nitrogens with zero attached hydrogens (tertiary/aromatic N) is 1. The van der Waals surface area contributed by atoms with Crippen molar-refractivity contribution in [2.45, 2.75) is 13.0 Å². The zero-order valence-corrected chi connectivity index (χ0v) is 15.0. The number of nitrogens with one attached hydrogen (secondary N) is 2. The monoisotopic (exact) mass is 367 g/mol. The second kappa shape index (κ2) is 8.35. The standard InChI is InChI=1S/C20H21N3O4/c1-27-20(26)22-16-9-7-14(8-10-16)12-21-19(25)15-11-18(24)23(13-15)17-5-3-2-4-6-17/h2-10,15H,11-13H2,1H3,(H,21,25)(H,22,26)/t15-/m1/s1. The maximum atomic E-state index is 12.4. The molecule has 2 aromatic carbocycles. The highest BCUT2D eigenvalue weighted by atomic mass is 16.5. The molecule has 0 radical (unpaired) electrons. The lowest BCUT2D eigenvalue weighted by atomic mass is 10.1. The van der Waals surface area contributed by atoms with Crippen LogP contribution < -0.4 is 15.5 Å². The van der Waals surface area contributed by atoms with E-state index in [-0.39, 0.29) is 24.2 Å². The van der Waals surface area contributed by atoms with Gasteiger partial charge in [-0.1, -0.05) is 30.3 Å². The number of benzene rings is 2. The lowest BCUT2D eigenvalue weighted by Crippen LogP contribution is -2.32. The van der Waals surface area contributed by atoms with E-state index in [4.69, 9.17) is 0 Å². The van der Waals surface area contributed by atoms with E-state index < -0.39 is 6.09 Å². The van der Waals surface area contributed by atoms with Gasteiger partial charge in [-0.25, -0.2) is 4.79 Å². The zero-order valence-electron chi connectivity index (χ0n) is 15.0. The Morgan fingerprint density at radius 3 is 2.48 bits per heavy atom. The lowest BCUT2D eigenvalue weighted by molar-refractivity contribution is -0.126. The maximum absolute atomic E-state index is 12.4.